The zero-order chi connectivity index (χ0) is 22.3. The maximum atomic E-state index is 13.2. The lowest BCUT2D eigenvalue weighted by molar-refractivity contribution is -0.143. The molecule has 0 fully saturated rings. The molecule has 0 aliphatic heterocycles. The fourth-order valence-electron chi connectivity index (χ4n) is 3.35. The van der Waals surface area contributed by atoms with Crippen LogP contribution in [-0.4, -0.2) is 35.4 Å². The summed E-state index contributed by atoms with van der Waals surface area (Å²) in [5.41, 5.74) is 2.91. The molecule has 0 aliphatic rings. The van der Waals surface area contributed by atoms with Crippen molar-refractivity contribution in [3.05, 3.63) is 64.2 Å². The highest BCUT2D eigenvalue weighted by Gasteiger charge is 2.29. The van der Waals surface area contributed by atoms with E-state index in [1.807, 2.05) is 71.0 Å². The molecule has 2 aromatic rings. The van der Waals surface area contributed by atoms with Gasteiger partial charge in [0.2, 0.25) is 5.91 Å². The SMILES string of the molecule is CC[C@@H](C(=O)NC(C)C)N(Cc1ccccc1Cl)C(=O)COc1cc(C)cc(C)c1. The van der Waals surface area contributed by atoms with Crippen molar-refractivity contribution >= 4 is 23.4 Å². The van der Waals surface area contributed by atoms with E-state index in [-0.39, 0.29) is 31.0 Å². The van der Waals surface area contributed by atoms with Crippen LogP contribution in [0.3, 0.4) is 0 Å². The molecule has 2 rings (SSSR count). The summed E-state index contributed by atoms with van der Waals surface area (Å²) >= 11 is 6.32. The average molecular weight is 431 g/mol. The van der Waals surface area contributed by atoms with Gasteiger partial charge >= 0.3 is 0 Å². The largest absolute Gasteiger partial charge is 0.484 e. The van der Waals surface area contributed by atoms with E-state index in [1.165, 1.54) is 0 Å². The minimum Gasteiger partial charge on any atom is -0.484 e. The van der Waals surface area contributed by atoms with Crippen LogP contribution in [0.2, 0.25) is 5.02 Å². The number of hydrogen-bond donors (Lipinski definition) is 1. The molecule has 1 N–H and O–H groups in total. The van der Waals surface area contributed by atoms with Gasteiger partial charge in [-0.15, -0.1) is 0 Å². The van der Waals surface area contributed by atoms with Gasteiger partial charge in [-0.2, -0.15) is 0 Å². The summed E-state index contributed by atoms with van der Waals surface area (Å²) in [4.78, 5) is 27.5. The maximum absolute atomic E-state index is 13.2. The predicted octanol–water partition coefficient (Wildman–Crippen LogP) is 4.67. The summed E-state index contributed by atoms with van der Waals surface area (Å²) in [5.74, 6) is 0.192. The van der Waals surface area contributed by atoms with Crippen LogP contribution < -0.4 is 10.1 Å². The number of amides is 2. The summed E-state index contributed by atoms with van der Waals surface area (Å²) in [6.45, 7) is 9.73. The molecule has 1 atom stereocenters. The van der Waals surface area contributed by atoms with E-state index in [0.717, 1.165) is 16.7 Å². The number of benzene rings is 2. The third-order valence-electron chi connectivity index (χ3n) is 4.67. The fourth-order valence-corrected chi connectivity index (χ4v) is 3.55. The van der Waals surface area contributed by atoms with Crippen LogP contribution >= 0.6 is 11.6 Å². The lowest BCUT2D eigenvalue weighted by Gasteiger charge is -2.31. The molecular formula is C24H31ClN2O3. The maximum Gasteiger partial charge on any atom is 0.261 e. The summed E-state index contributed by atoms with van der Waals surface area (Å²) in [6, 6.07) is 12.5. The number of carbonyl (C=O) groups excluding carboxylic acids is 2. The Morgan fingerprint density at radius 3 is 2.30 bits per heavy atom. The van der Waals surface area contributed by atoms with Crippen LogP contribution in [0.5, 0.6) is 5.75 Å². The van der Waals surface area contributed by atoms with E-state index in [0.29, 0.717) is 17.2 Å². The quantitative estimate of drug-likeness (QED) is 0.629. The van der Waals surface area contributed by atoms with Crippen LogP contribution in [0.1, 0.15) is 43.9 Å². The van der Waals surface area contributed by atoms with Crippen molar-refractivity contribution in [1.29, 1.82) is 0 Å². The zero-order valence-corrected chi connectivity index (χ0v) is 19.1. The third kappa shape index (κ3) is 6.77. The van der Waals surface area contributed by atoms with E-state index in [2.05, 4.69) is 5.32 Å². The second-order valence-electron chi connectivity index (χ2n) is 7.81. The molecule has 0 saturated carbocycles. The van der Waals surface area contributed by atoms with Crippen LogP contribution in [0.25, 0.3) is 0 Å². The Morgan fingerprint density at radius 1 is 1.10 bits per heavy atom. The normalized spacial score (nSPS) is 11.8. The van der Waals surface area contributed by atoms with Crippen LogP contribution in [0.15, 0.2) is 42.5 Å². The average Bonchev–Trinajstić information content (AvgIpc) is 2.66. The molecule has 2 amide bonds. The van der Waals surface area contributed by atoms with E-state index < -0.39 is 6.04 Å². The molecule has 0 saturated heterocycles. The second-order valence-corrected chi connectivity index (χ2v) is 8.22. The molecule has 2 aromatic carbocycles. The summed E-state index contributed by atoms with van der Waals surface area (Å²) in [5, 5.41) is 3.47. The molecule has 0 unspecified atom stereocenters. The van der Waals surface area contributed by atoms with Gasteiger partial charge in [-0.3, -0.25) is 9.59 Å². The van der Waals surface area contributed by atoms with Crippen molar-refractivity contribution in [2.24, 2.45) is 0 Å². The Morgan fingerprint density at radius 2 is 1.73 bits per heavy atom. The first-order chi connectivity index (χ1) is 14.2. The lowest BCUT2D eigenvalue weighted by Crippen LogP contribution is -2.51. The van der Waals surface area contributed by atoms with Gasteiger partial charge < -0.3 is 15.0 Å². The standard InChI is InChI=1S/C24H31ClN2O3/c1-6-22(24(29)26-16(2)3)27(14-19-9-7-8-10-21(19)25)23(28)15-30-20-12-17(4)11-18(5)13-20/h7-13,16,22H,6,14-15H2,1-5H3,(H,26,29)/t22-/m0/s1. The zero-order valence-electron chi connectivity index (χ0n) is 18.4. The highest BCUT2D eigenvalue weighted by atomic mass is 35.5. The monoisotopic (exact) mass is 430 g/mol. The summed E-state index contributed by atoms with van der Waals surface area (Å²) < 4.78 is 5.78. The van der Waals surface area contributed by atoms with Gasteiger partial charge in [0.15, 0.2) is 6.61 Å². The first-order valence-electron chi connectivity index (χ1n) is 10.3. The van der Waals surface area contributed by atoms with Gasteiger partial charge in [0.25, 0.3) is 5.91 Å². The number of nitrogens with one attached hydrogen (secondary N) is 1. The van der Waals surface area contributed by atoms with Crippen LogP contribution in [-0.2, 0) is 16.1 Å². The molecular weight excluding hydrogens is 400 g/mol. The minimum absolute atomic E-state index is 0.0182. The Kier molecular flexibility index (Phi) is 8.72. The van der Waals surface area contributed by atoms with E-state index in [1.54, 1.807) is 11.0 Å². The first-order valence-corrected chi connectivity index (χ1v) is 10.6. The smallest absolute Gasteiger partial charge is 0.261 e. The number of aryl methyl sites for hydroxylation is 2. The number of carbonyl (C=O) groups is 2. The molecule has 0 aliphatic carbocycles. The Labute approximate surface area is 184 Å². The van der Waals surface area contributed by atoms with Crippen LogP contribution in [0, 0.1) is 13.8 Å². The van der Waals surface area contributed by atoms with Gasteiger partial charge in [0.1, 0.15) is 11.8 Å². The highest BCUT2D eigenvalue weighted by molar-refractivity contribution is 6.31. The number of nitrogens with zero attached hydrogens (tertiary/aromatic N) is 1. The van der Waals surface area contributed by atoms with Crippen molar-refractivity contribution in [2.75, 3.05) is 6.61 Å². The predicted molar refractivity (Wildman–Crippen MR) is 121 cm³/mol. The highest BCUT2D eigenvalue weighted by Crippen LogP contribution is 2.21. The van der Waals surface area contributed by atoms with E-state index in [9.17, 15) is 9.59 Å². The molecule has 0 heterocycles. The number of halogens is 1. The second kappa shape index (κ2) is 11.0. The van der Waals surface area contributed by atoms with Gasteiger partial charge in [0.05, 0.1) is 0 Å². The third-order valence-corrected chi connectivity index (χ3v) is 5.04. The number of rotatable bonds is 9. The molecule has 0 spiro atoms. The van der Waals surface area contributed by atoms with E-state index in [4.69, 9.17) is 16.3 Å². The topological polar surface area (TPSA) is 58.6 Å². The first kappa shape index (κ1) is 23.7. The van der Waals surface area contributed by atoms with Crippen molar-refractivity contribution in [3.8, 4) is 5.75 Å². The fraction of sp³-hybridized carbons (Fsp3) is 0.417. The molecule has 30 heavy (non-hydrogen) atoms. The van der Waals surface area contributed by atoms with Gasteiger partial charge in [-0.05, 0) is 69.0 Å². The Bertz CT molecular complexity index is 862. The molecule has 0 radical (unpaired) electrons. The number of hydrogen-bond acceptors (Lipinski definition) is 3. The van der Waals surface area contributed by atoms with Gasteiger partial charge in [-0.1, -0.05) is 42.8 Å². The van der Waals surface area contributed by atoms with Gasteiger partial charge in [-0.25, -0.2) is 0 Å². The van der Waals surface area contributed by atoms with E-state index >= 15 is 0 Å². The molecule has 0 aromatic heterocycles. The molecule has 5 nitrogen and oxygen atoms in total. The van der Waals surface area contributed by atoms with Crippen molar-refractivity contribution < 1.29 is 14.3 Å². The van der Waals surface area contributed by atoms with Crippen molar-refractivity contribution in [1.82, 2.24) is 10.2 Å². The summed E-state index contributed by atoms with van der Waals surface area (Å²) in [6.07, 6.45) is 0.484. The Balaban J connectivity index is 2.25. The van der Waals surface area contributed by atoms with Gasteiger partial charge in [0, 0.05) is 17.6 Å². The van der Waals surface area contributed by atoms with Crippen molar-refractivity contribution in [2.45, 2.75) is 59.7 Å². The van der Waals surface area contributed by atoms with Crippen molar-refractivity contribution in [3.63, 3.8) is 0 Å². The Hall–Kier alpha value is -2.53. The van der Waals surface area contributed by atoms with Crippen LogP contribution in [0.4, 0.5) is 0 Å². The molecule has 0 bridgehead atoms. The summed E-state index contributed by atoms with van der Waals surface area (Å²) in [7, 11) is 0. The molecule has 162 valence electrons. The lowest BCUT2D eigenvalue weighted by atomic mass is 10.1. The molecule has 6 heteroatoms. The number of ether oxygens (including phenoxy) is 1. The minimum atomic E-state index is -0.612.